The highest BCUT2D eigenvalue weighted by Crippen LogP contribution is 2.34. The third kappa shape index (κ3) is 3.91. The van der Waals surface area contributed by atoms with Crippen molar-refractivity contribution in [2.75, 3.05) is 11.5 Å². The molecule has 0 atom stereocenters. The number of esters is 1. The summed E-state index contributed by atoms with van der Waals surface area (Å²) in [6, 6.07) is 23.6. The fourth-order valence-electron chi connectivity index (χ4n) is 4.39. The van der Waals surface area contributed by atoms with Crippen LogP contribution in [0, 0.1) is 0 Å². The Kier molecular flexibility index (Phi) is 5.46. The number of rotatable bonds is 5. The van der Waals surface area contributed by atoms with Crippen LogP contribution >= 0.6 is 15.9 Å². The van der Waals surface area contributed by atoms with E-state index in [9.17, 15) is 19.2 Å². The predicted molar refractivity (Wildman–Crippen MR) is 140 cm³/mol. The number of hydrogen-bond donors (Lipinski definition) is 0. The number of halogens is 1. The average Bonchev–Trinajstić information content (AvgIpc) is 3.41. The van der Waals surface area contributed by atoms with Gasteiger partial charge in [0.25, 0.3) is 11.8 Å². The molecule has 5 aromatic rings. The monoisotopic (exact) mass is 553 g/mol. The first-order valence-electron chi connectivity index (χ1n) is 11.3. The highest BCUT2D eigenvalue weighted by Gasteiger charge is 2.37. The summed E-state index contributed by atoms with van der Waals surface area (Å²) in [7, 11) is 0. The molecule has 0 fully saturated rings. The van der Waals surface area contributed by atoms with Crippen molar-refractivity contribution in [1.82, 2.24) is 0 Å². The van der Waals surface area contributed by atoms with Crippen LogP contribution in [0.1, 0.15) is 41.4 Å². The van der Waals surface area contributed by atoms with Gasteiger partial charge in [0, 0.05) is 26.9 Å². The van der Waals surface area contributed by atoms with E-state index in [1.165, 1.54) is 18.2 Å². The number of hydrogen-bond acceptors (Lipinski definition) is 6. The summed E-state index contributed by atoms with van der Waals surface area (Å²) in [5, 5.41) is 1.81. The highest BCUT2D eigenvalue weighted by atomic mass is 79.9. The van der Waals surface area contributed by atoms with Gasteiger partial charge in [0.05, 0.1) is 22.4 Å². The van der Waals surface area contributed by atoms with Crippen molar-refractivity contribution in [3.8, 4) is 0 Å². The Morgan fingerprint density at radius 3 is 2.27 bits per heavy atom. The first kappa shape index (κ1) is 22.9. The standard InChI is InChI=1S/C29H16BrNO6/c30-18-8-5-16(6-9-18)24(32)15-36-29(35)17-7-11-22-23(13-17)28(34)31(27(22)33)19-10-12-21-20-3-1-2-4-25(20)37-26(21)14-19/h1-14H,15H2. The van der Waals surface area contributed by atoms with Gasteiger partial charge >= 0.3 is 5.97 Å². The zero-order valence-corrected chi connectivity index (χ0v) is 20.7. The molecule has 0 saturated carbocycles. The van der Waals surface area contributed by atoms with Crippen molar-refractivity contribution in [1.29, 1.82) is 0 Å². The molecule has 2 heterocycles. The summed E-state index contributed by atoms with van der Waals surface area (Å²) in [5.41, 5.74) is 2.36. The minimum atomic E-state index is -0.768. The maximum Gasteiger partial charge on any atom is 0.338 e. The molecule has 180 valence electrons. The van der Waals surface area contributed by atoms with E-state index in [0.717, 1.165) is 20.1 Å². The molecule has 0 spiro atoms. The van der Waals surface area contributed by atoms with Gasteiger partial charge in [0.2, 0.25) is 0 Å². The number of furan rings is 1. The Balaban J connectivity index is 1.23. The Bertz CT molecular complexity index is 1770. The van der Waals surface area contributed by atoms with Crippen LogP contribution in [0.5, 0.6) is 0 Å². The van der Waals surface area contributed by atoms with E-state index in [2.05, 4.69) is 15.9 Å². The number of imide groups is 1. The number of amides is 2. The Morgan fingerprint density at radius 1 is 0.757 bits per heavy atom. The molecule has 0 unspecified atom stereocenters. The molecule has 0 radical (unpaired) electrons. The van der Waals surface area contributed by atoms with Crippen molar-refractivity contribution < 1.29 is 28.3 Å². The van der Waals surface area contributed by atoms with Crippen LogP contribution in [0.2, 0.25) is 0 Å². The van der Waals surface area contributed by atoms with E-state index in [4.69, 9.17) is 9.15 Å². The van der Waals surface area contributed by atoms with E-state index >= 15 is 0 Å². The minimum Gasteiger partial charge on any atom is -0.456 e. The molecule has 0 bridgehead atoms. The van der Waals surface area contributed by atoms with Crippen LogP contribution in [0.3, 0.4) is 0 Å². The quantitative estimate of drug-likeness (QED) is 0.146. The Morgan fingerprint density at radius 2 is 1.46 bits per heavy atom. The van der Waals surface area contributed by atoms with Gasteiger partial charge in [-0.3, -0.25) is 14.4 Å². The number of nitrogens with zero attached hydrogens (tertiary/aromatic N) is 1. The number of fused-ring (bicyclic) bond motifs is 4. The van der Waals surface area contributed by atoms with Gasteiger partial charge in [-0.2, -0.15) is 0 Å². The normalized spacial score (nSPS) is 12.8. The number of ether oxygens (including phenoxy) is 1. The molecule has 7 nitrogen and oxygen atoms in total. The third-order valence-electron chi connectivity index (χ3n) is 6.24. The maximum atomic E-state index is 13.2. The van der Waals surface area contributed by atoms with Gasteiger partial charge in [0.15, 0.2) is 12.4 Å². The molecule has 6 rings (SSSR count). The summed E-state index contributed by atoms with van der Waals surface area (Å²) >= 11 is 3.30. The van der Waals surface area contributed by atoms with Gasteiger partial charge in [-0.15, -0.1) is 0 Å². The molecular weight excluding hydrogens is 538 g/mol. The molecule has 37 heavy (non-hydrogen) atoms. The second-order valence-corrected chi connectivity index (χ2v) is 9.41. The van der Waals surface area contributed by atoms with E-state index in [0.29, 0.717) is 22.4 Å². The second-order valence-electron chi connectivity index (χ2n) is 8.49. The van der Waals surface area contributed by atoms with E-state index in [1.807, 2.05) is 30.3 Å². The van der Waals surface area contributed by atoms with E-state index in [-0.39, 0.29) is 22.5 Å². The second kappa shape index (κ2) is 8.83. The SMILES string of the molecule is O=C(COC(=O)c1ccc2c(c1)C(=O)N(c1ccc3c(c1)oc1ccccc13)C2=O)c1ccc(Br)cc1. The fraction of sp³-hybridized carbons (Fsp3) is 0.0345. The lowest BCUT2D eigenvalue weighted by molar-refractivity contribution is 0.0474. The number of carbonyl (C=O) groups excluding carboxylic acids is 4. The van der Waals surface area contributed by atoms with Crippen molar-refractivity contribution in [3.05, 3.63) is 112 Å². The number of Topliss-reactive ketones (excluding diaryl/α,β-unsaturated/α-hetero) is 1. The largest absolute Gasteiger partial charge is 0.456 e. The molecule has 1 aliphatic heterocycles. The zero-order chi connectivity index (χ0) is 25.7. The lowest BCUT2D eigenvalue weighted by Crippen LogP contribution is -2.29. The van der Waals surface area contributed by atoms with Crippen molar-refractivity contribution in [3.63, 3.8) is 0 Å². The number of ketones is 1. The Hall–Kier alpha value is -4.56. The van der Waals surface area contributed by atoms with Crippen molar-refractivity contribution >= 4 is 67.1 Å². The molecule has 2 amide bonds. The van der Waals surface area contributed by atoms with Gasteiger partial charge in [-0.25, -0.2) is 9.69 Å². The van der Waals surface area contributed by atoms with Crippen LogP contribution in [-0.2, 0) is 4.74 Å². The van der Waals surface area contributed by atoms with Crippen LogP contribution in [0.15, 0.2) is 93.8 Å². The summed E-state index contributed by atoms with van der Waals surface area (Å²) in [5.74, 6) is -2.19. The van der Waals surface area contributed by atoms with Gasteiger partial charge < -0.3 is 9.15 Å². The minimum absolute atomic E-state index is 0.0677. The molecule has 1 aromatic heterocycles. The number of para-hydroxylation sites is 1. The molecule has 8 heteroatoms. The van der Waals surface area contributed by atoms with Gasteiger partial charge in [-0.1, -0.05) is 46.3 Å². The first-order valence-corrected chi connectivity index (χ1v) is 12.1. The Labute approximate surface area is 218 Å². The molecule has 1 aliphatic rings. The smallest absolute Gasteiger partial charge is 0.338 e. The lowest BCUT2D eigenvalue weighted by Gasteiger charge is -2.13. The first-order chi connectivity index (χ1) is 17.9. The zero-order valence-electron chi connectivity index (χ0n) is 19.1. The molecular formula is C29H16BrNO6. The topological polar surface area (TPSA) is 93.9 Å². The summed E-state index contributed by atoms with van der Waals surface area (Å²) in [4.78, 5) is 52.3. The predicted octanol–water partition coefficient (Wildman–Crippen LogP) is 6.19. The van der Waals surface area contributed by atoms with Crippen molar-refractivity contribution in [2.24, 2.45) is 0 Å². The average molecular weight is 554 g/mol. The van der Waals surface area contributed by atoms with Crippen LogP contribution in [-0.4, -0.2) is 30.2 Å². The fourth-order valence-corrected chi connectivity index (χ4v) is 4.65. The summed E-state index contributed by atoms with van der Waals surface area (Å²) in [6.07, 6.45) is 0. The van der Waals surface area contributed by atoms with Crippen LogP contribution in [0.4, 0.5) is 5.69 Å². The molecule has 0 N–H and O–H groups in total. The van der Waals surface area contributed by atoms with Crippen LogP contribution < -0.4 is 4.90 Å². The van der Waals surface area contributed by atoms with Gasteiger partial charge in [0.1, 0.15) is 11.2 Å². The summed E-state index contributed by atoms with van der Waals surface area (Å²) < 4.78 is 11.9. The molecule has 0 aliphatic carbocycles. The summed E-state index contributed by atoms with van der Waals surface area (Å²) in [6.45, 7) is -0.450. The highest BCUT2D eigenvalue weighted by molar-refractivity contribution is 9.10. The van der Waals surface area contributed by atoms with Crippen molar-refractivity contribution in [2.45, 2.75) is 0 Å². The maximum absolute atomic E-state index is 13.2. The third-order valence-corrected chi connectivity index (χ3v) is 6.77. The molecule has 0 saturated heterocycles. The van der Waals surface area contributed by atoms with Gasteiger partial charge in [-0.05, 0) is 48.5 Å². The van der Waals surface area contributed by atoms with E-state index in [1.54, 1.807) is 36.4 Å². The molecule has 4 aromatic carbocycles. The number of carbonyl (C=O) groups is 4. The lowest BCUT2D eigenvalue weighted by atomic mass is 10.1. The van der Waals surface area contributed by atoms with Crippen LogP contribution in [0.25, 0.3) is 21.9 Å². The van der Waals surface area contributed by atoms with E-state index < -0.39 is 24.4 Å². The number of anilines is 1. The number of benzene rings is 4.